The molecule has 0 radical (unpaired) electrons. The number of nitrogens with one attached hydrogen (secondary N) is 1. The summed E-state index contributed by atoms with van der Waals surface area (Å²) in [5.41, 5.74) is 0.695. The number of carbonyl (C=O) groups is 1. The number of rotatable bonds is 4. The first kappa shape index (κ1) is 16.7. The molecule has 0 saturated carbocycles. The molecule has 1 aromatic heterocycles. The fraction of sp³-hybridized carbons (Fsp3) is 0. The number of nitro groups is 1. The monoisotopic (exact) mass is 360 g/mol. The average Bonchev–Trinajstić information content (AvgIpc) is 3.06. The molecule has 0 fully saturated rings. The first-order valence-electron chi connectivity index (χ1n) is 7.05. The number of benzene rings is 2. The lowest BCUT2D eigenvalue weighted by atomic mass is 10.1. The van der Waals surface area contributed by atoms with Gasteiger partial charge < -0.3 is 9.73 Å². The van der Waals surface area contributed by atoms with Crippen LogP contribution < -0.4 is 5.32 Å². The van der Waals surface area contributed by atoms with E-state index in [0.29, 0.717) is 17.0 Å². The van der Waals surface area contributed by atoms with E-state index in [0.717, 1.165) is 0 Å². The summed E-state index contributed by atoms with van der Waals surface area (Å²) in [5, 5.41) is 13.4. The Morgan fingerprint density at radius 3 is 2.48 bits per heavy atom. The molecule has 0 spiro atoms. The number of nitro benzene ring substituents is 1. The van der Waals surface area contributed by atoms with Crippen LogP contribution >= 0.6 is 11.6 Å². The van der Waals surface area contributed by atoms with Gasteiger partial charge in [0, 0.05) is 23.4 Å². The molecule has 126 valence electrons. The first-order chi connectivity index (χ1) is 11.9. The van der Waals surface area contributed by atoms with Crippen molar-refractivity contribution in [2.45, 2.75) is 0 Å². The van der Waals surface area contributed by atoms with Gasteiger partial charge in [-0.2, -0.15) is 0 Å². The number of carbonyl (C=O) groups excluding carboxylic acids is 1. The van der Waals surface area contributed by atoms with Gasteiger partial charge in [0.2, 0.25) is 0 Å². The number of amides is 1. The lowest BCUT2D eigenvalue weighted by Gasteiger charge is -2.03. The van der Waals surface area contributed by atoms with Crippen LogP contribution in [0.15, 0.2) is 59.0 Å². The molecule has 2 aromatic carbocycles. The van der Waals surface area contributed by atoms with E-state index in [-0.39, 0.29) is 16.5 Å². The molecule has 1 amide bonds. The van der Waals surface area contributed by atoms with Gasteiger partial charge in [-0.15, -0.1) is 0 Å². The summed E-state index contributed by atoms with van der Waals surface area (Å²) in [5.74, 6) is -0.611. The first-order valence-corrected chi connectivity index (χ1v) is 7.43. The van der Waals surface area contributed by atoms with E-state index in [4.69, 9.17) is 16.0 Å². The van der Waals surface area contributed by atoms with Crippen LogP contribution in [0.2, 0.25) is 5.02 Å². The van der Waals surface area contributed by atoms with Gasteiger partial charge in [-0.25, -0.2) is 4.39 Å². The van der Waals surface area contributed by atoms with Crippen LogP contribution in [0.5, 0.6) is 0 Å². The Hall–Kier alpha value is -3.19. The fourth-order valence-electron chi connectivity index (χ4n) is 2.15. The summed E-state index contributed by atoms with van der Waals surface area (Å²) in [6.45, 7) is 0. The van der Waals surface area contributed by atoms with E-state index in [9.17, 15) is 19.3 Å². The van der Waals surface area contributed by atoms with Crippen LogP contribution in [0.25, 0.3) is 11.3 Å². The Balaban J connectivity index is 1.81. The zero-order valence-corrected chi connectivity index (χ0v) is 13.3. The average molecular weight is 361 g/mol. The normalized spacial score (nSPS) is 10.5. The maximum atomic E-state index is 12.9. The largest absolute Gasteiger partial charge is 0.451 e. The highest BCUT2D eigenvalue weighted by atomic mass is 35.5. The van der Waals surface area contributed by atoms with Crippen molar-refractivity contribution >= 4 is 28.9 Å². The third-order valence-electron chi connectivity index (χ3n) is 3.36. The van der Waals surface area contributed by atoms with Crippen molar-refractivity contribution in [3.63, 3.8) is 0 Å². The van der Waals surface area contributed by atoms with Crippen LogP contribution in [-0.4, -0.2) is 10.8 Å². The number of hydrogen-bond donors (Lipinski definition) is 1. The summed E-state index contributed by atoms with van der Waals surface area (Å²) in [7, 11) is 0. The minimum Gasteiger partial charge on any atom is -0.451 e. The molecule has 8 heteroatoms. The second kappa shape index (κ2) is 6.74. The van der Waals surface area contributed by atoms with Gasteiger partial charge in [-0.1, -0.05) is 11.6 Å². The number of anilines is 1. The minimum absolute atomic E-state index is 0.0220. The molecule has 25 heavy (non-hydrogen) atoms. The molecule has 0 aliphatic rings. The van der Waals surface area contributed by atoms with E-state index < -0.39 is 16.6 Å². The molecule has 0 aliphatic heterocycles. The van der Waals surface area contributed by atoms with Gasteiger partial charge in [0.05, 0.1) is 9.95 Å². The fourth-order valence-corrected chi connectivity index (χ4v) is 2.42. The zero-order chi connectivity index (χ0) is 18.0. The molecule has 6 nitrogen and oxygen atoms in total. The van der Waals surface area contributed by atoms with E-state index >= 15 is 0 Å². The SMILES string of the molecule is O=C(Nc1ccc(F)cc1)c1ccc(-c2ccc([N+](=O)[O-])cc2Cl)o1. The summed E-state index contributed by atoms with van der Waals surface area (Å²) in [6.07, 6.45) is 0. The standard InChI is InChI=1S/C17H10ClFN2O4/c18-14-9-12(21(23)24)5-6-13(14)15-7-8-16(25-15)17(22)20-11-3-1-10(19)2-4-11/h1-9H,(H,20,22). The lowest BCUT2D eigenvalue weighted by molar-refractivity contribution is -0.384. The quantitative estimate of drug-likeness (QED) is 0.529. The van der Waals surface area contributed by atoms with E-state index in [1.165, 1.54) is 54.6 Å². The molecule has 0 saturated heterocycles. The van der Waals surface area contributed by atoms with E-state index in [1.807, 2.05) is 0 Å². The molecule has 3 aromatic rings. The maximum Gasteiger partial charge on any atom is 0.291 e. The lowest BCUT2D eigenvalue weighted by Crippen LogP contribution is -2.10. The number of nitrogens with zero attached hydrogens (tertiary/aromatic N) is 1. The molecule has 1 heterocycles. The molecular weight excluding hydrogens is 351 g/mol. The summed E-state index contributed by atoms with van der Waals surface area (Å²) < 4.78 is 18.3. The highest BCUT2D eigenvalue weighted by molar-refractivity contribution is 6.33. The van der Waals surface area contributed by atoms with Gasteiger partial charge in [0.15, 0.2) is 5.76 Å². The van der Waals surface area contributed by atoms with Crippen molar-refractivity contribution in [2.24, 2.45) is 0 Å². The number of hydrogen-bond acceptors (Lipinski definition) is 4. The van der Waals surface area contributed by atoms with E-state index in [1.54, 1.807) is 0 Å². The molecule has 1 N–H and O–H groups in total. The van der Waals surface area contributed by atoms with Crippen molar-refractivity contribution in [2.75, 3.05) is 5.32 Å². The Labute approximate surface area is 146 Å². The Kier molecular flexibility index (Phi) is 4.49. The van der Waals surface area contributed by atoms with E-state index in [2.05, 4.69) is 5.32 Å². The molecule has 0 atom stereocenters. The molecular formula is C17H10ClFN2O4. The maximum absolute atomic E-state index is 12.9. The van der Waals surface area contributed by atoms with Crippen molar-refractivity contribution in [1.82, 2.24) is 0 Å². The third-order valence-corrected chi connectivity index (χ3v) is 3.67. The smallest absolute Gasteiger partial charge is 0.291 e. The summed E-state index contributed by atoms with van der Waals surface area (Å²) in [6, 6.07) is 12.2. The molecule has 0 bridgehead atoms. The highest BCUT2D eigenvalue weighted by Gasteiger charge is 2.16. The number of non-ortho nitro benzene ring substituents is 1. The molecule has 0 unspecified atom stereocenters. The van der Waals surface area contributed by atoms with Gasteiger partial charge in [-0.3, -0.25) is 14.9 Å². The number of furan rings is 1. The Morgan fingerprint density at radius 1 is 1.12 bits per heavy atom. The second-order valence-corrected chi connectivity index (χ2v) is 5.45. The topological polar surface area (TPSA) is 85.4 Å². The third kappa shape index (κ3) is 3.67. The zero-order valence-electron chi connectivity index (χ0n) is 12.5. The predicted octanol–water partition coefficient (Wildman–Crippen LogP) is 4.90. The van der Waals surface area contributed by atoms with Crippen molar-refractivity contribution in [1.29, 1.82) is 0 Å². The van der Waals surface area contributed by atoms with Crippen molar-refractivity contribution in [3.05, 3.63) is 81.3 Å². The number of halogens is 2. The Morgan fingerprint density at radius 2 is 1.84 bits per heavy atom. The van der Waals surface area contributed by atoms with Crippen molar-refractivity contribution < 1.29 is 18.5 Å². The molecule has 0 aliphatic carbocycles. The van der Waals surface area contributed by atoms with Gasteiger partial charge in [-0.05, 0) is 42.5 Å². The van der Waals surface area contributed by atoms with Gasteiger partial charge >= 0.3 is 0 Å². The van der Waals surface area contributed by atoms with Gasteiger partial charge in [0.1, 0.15) is 11.6 Å². The van der Waals surface area contributed by atoms with Crippen LogP contribution in [0.1, 0.15) is 10.6 Å². The van der Waals surface area contributed by atoms with Crippen LogP contribution in [0.3, 0.4) is 0 Å². The van der Waals surface area contributed by atoms with Crippen LogP contribution in [-0.2, 0) is 0 Å². The summed E-state index contributed by atoms with van der Waals surface area (Å²) in [4.78, 5) is 22.3. The summed E-state index contributed by atoms with van der Waals surface area (Å²) >= 11 is 6.04. The second-order valence-electron chi connectivity index (χ2n) is 5.05. The predicted molar refractivity (Wildman–Crippen MR) is 90.2 cm³/mol. The molecule has 3 rings (SSSR count). The minimum atomic E-state index is -0.556. The van der Waals surface area contributed by atoms with Gasteiger partial charge in [0.25, 0.3) is 11.6 Å². The Bertz CT molecular complexity index is 954. The highest BCUT2D eigenvalue weighted by Crippen LogP contribution is 2.32. The van der Waals surface area contributed by atoms with Crippen LogP contribution in [0, 0.1) is 15.9 Å². The van der Waals surface area contributed by atoms with Crippen molar-refractivity contribution in [3.8, 4) is 11.3 Å². The van der Waals surface area contributed by atoms with Crippen LogP contribution in [0.4, 0.5) is 15.8 Å².